The lowest BCUT2D eigenvalue weighted by atomic mass is 10.1. The van der Waals surface area contributed by atoms with Crippen molar-refractivity contribution in [2.45, 2.75) is 17.7 Å². The summed E-state index contributed by atoms with van der Waals surface area (Å²) >= 11 is 3.03. The van der Waals surface area contributed by atoms with Crippen LogP contribution in [0.5, 0.6) is 0 Å². The third-order valence-electron chi connectivity index (χ3n) is 3.27. The van der Waals surface area contributed by atoms with Crippen LogP contribution in [0.1, 0.15) is 12.8 Å². The minimum atomic E-state index is -3.97. The first kappa shape index (κ1) is 14.7. The highest BCUT2D eigenvalue weighted by Crippen LogP contribution is 2.44. The standard InChI is InChI=1S/C11H14BrFN2O3S/c12-7-3-8(13)10(4-9(7)14)19(17,18)15-5-11(6-16)1-2-11/h3-4,15-16H,1-2,5-6,14H2. The third-order valence-corrected chi connectivity index (χ3v) is 5.37. The van der Waals surface area contributed by atoms with E-state index >= 15 is 0 Å². The van der Waals surface area contributed by atoms with Crippen molar-refractivity contribution in [3.63, 3.8) is 0 Å². The number of rotatable bonds is 5. The number of aliphatic hydroxyl groups is 1. The maximum absolute atomic E-state index is 13.7. The van der Waals surface area contributed by atoms with Crippen LogP contribution in [0.4, 0.5) is 10.1 Å². The molecule has 0 radical (unpaired) electrons. The van der Waals surface area contributed by atoms with Crippen molar-refractivity contribution in [1.29, 1.82) is 0 Å². The molecule has 0 aliphatic heterocycles. The van der Waals surface area contributed by atoms with Crippen molar-refractivity contribution in [3.05, 3.63) is 22.4 Å². The Morgan fingerprint density at radius 3 is 2.63 bits per heavy atom. The van der Waals surface area contributed by atoms with Crippen molar-refractivity contribution < 1.29 is 17.9 Å². The lowest BCUT2D eigenvalue weighted by molar-refractivity contribution is 0.213. The summed E-state index contributed by atoms with van der Waals surface area (Å²) in [5.41, 5.74) is 5.32. The van der Waals surface area contributed by atoms with Crippen LogP contribution in [-0.4, -0.2) is 26.7 Å². The summed E-state index contributed by atoms with van der Waals surface area (Å²) in [6.45, 7) is 0.0156. The summed E-state index contributed by atoms with van der Waals surface area (Å²) in [7, 11) is -3.97. The topological polar surface area (TPSA) is 92.4 Å². The second-order valence-corrected chi connectivity index (χ2v) is 7.38. The summed E-state index contributed by atoms with van der Waals surface area (Å²) in [6.07, 6.45) is 1.52. The number of halogens is 2. The normalized spacial score (nSPS) is 17.4. The first-order valence-electron chi connectivity index (χ1n) is 5.65. The Hall–Kier alpha value is -0.700. The molecule has 0 unspecified atom stereocenters. The predicted molar refractivity (Wildman–Crippen MR) is 72.5 cm³/mol. The molecule has 0 aromatic heterocycles. The van der Waals surface area contributed by atoms with Gasteiger partial charge in [-0.05, 0) is 40.9 Å². The lowest BCUT2D eigenvalue weighted by Crippen LogP contribution is -2.32. The summed E-state index contributed by atoms with van der Waals surface area (Å²) < 4.78 is 40.3. The second-order valence-electron chi connectivity index (χ2n) is 4.79. The molecule has 0 amide bonds. The zero-order chi connectivity index (χ0) is 14.3. The molecule has 8 heteroatoms. The van der Waals surface area contributed by atoms with Gasteiger partial charge < -0.3 is 10.8 Å². The van der Waals surface area contributed by atoms with Gasteiger partial charge in [-0.3, -0.25) is 0 Å². The maximum atomic E-state index is 13.7. The van der Waals surface area contributed by atoms with Crippen molar-refractivity contribution in [2.24, 2.45) is 5.41 Å². The molecule has 19 heavy (non-hydrogen) atoms. The van der Waals surface area contributed by atoms with Gasteiger partial charge in [0.2, 0.25) is 10.0 Å². The first-order valence-corrected chi connectivity index (χ1v) is 7.92. The van der Waals surface area contributed by atoms with Gasteiger partial charge in [-0.1, -0.05) is 0 Å². The van der Waals surface area contributed by atoms with Crippen LogP contribution in [-0.2, 0) is 10.0 Å². The Balaban J connectivity index is 2.22. The van der Waals surface area contributed by atoms with E-state index in [2.05, 4.69) is 20.7 Å². The highest BCUT2D eigenvalue weighted by atomic mass is 79.9. The monoisotopic (exact) mass is 352 g/mol. The van der Waals surface area contributed by atoms with Gasteiger partial charge in [-0.15, -0.1) is 0 Å². The smallest absolute Gasteiger partial charge is 0.243 e. The molecule has 0 spiro atoms. The molecule has 0 heterocycles. The number of nitrogens with two attached hydrogens (primary N) is 1. The molecular weight excluding hydrogens is 339 g/mol. The number of nitrogens with one attached hydrogen (secondary N) is 1. The van der Waals surface area contributed by atoms with Gasteiger partial charge in [0.05, 0.1) is 0 Å². The number of anilines is 1. The fourth-order valence-electron chi connectivity index (χ4n) is 1.64. The SMILES string of the molecule is Nc1cc(S(=O)(=O)NCC2(CO)CC2)c(F)cc1Br. The number of sulfonamides is 1. The summed E-state index contributed by atoms with van der Waals surface area (Å²) in [5.74, 6) is -0.873. The number of aliphatic hydroxyl groups excluding tert-OH is 1. The van der Waals surface area contributed by atoms with Crippen LogP contribution in [0.15, 0.2) is 21.5 Å². The minimum absolute atomic E-state index is 0.0829. The molecule has 1 aliphatic rings. The molecule has 1 aromatic rings. The Kier molecular flexibility index (Phi) is 3.87. The van der Waals surface area contributed by atoms with Crippen LogP contribution >= 0.6 is 15.9 Å². The molecule has 0 bridgehead atoms. The molecule has 1 fully saturated rings. The van der Waals surface area contributed by atoms with Crippen LogP contribution in [0, 0.1) is 11.2 Å². The maximum Gasteiger partial charge on any atom is 0.243 e. The Bertz CT molecular complexity index is 602. The van der Waals surface area contributed by atoms with Crippen molar-refractivity contribution >= 4 is 31.6 Å². The van der Waals surface area contributed by atoms with Gasteiger partial charge in [-0.25, -0.2) is 17.5 Å². The minimum Gasteiger partial charge on any atom is -0.398 e. The zero-order valence-corrected chi connectivity index (χ0v) is 12.4. The van der Waals surface area contributed by atoms with Gasteiger partial charge >= 0.3 is 0 Å². The molecule has 1 aromatic carbocycles. The van der Waals surface area contributed by atoms with Crippen LogP contribution in [0.3, 0.4) is 0 Å². The first-order chi connectivity index (χ1) is 8.80. The quantitative estimate of drug-likeness (QED) is 0.694. The second kappa shape index (κ2) is 5.01. The summed E-state index contributed by atoms with van der Waals surface area (Å²) in [5, 5.41) is 9.12. The molecule has 5 nitrogen and oxygen atoms in total. The van der Waals surface area contributed by atoms with E-state index < -0.39 is 20.7 Å². The fraction of sp³-hybridized carbons (Fsp3) is 0.455. The van der Waals surface area contributed by atoms with Crippen molar-refractivity contribution in [3.8, 4) is 0 Å². The van der Waals surface area contributed by atoms with Crippen LogP contribution in [0.2, 0.25) is 0 Å². The van der Waals surface area contributed by atoms with Gasteiger partial charge in [0, 0.05) is 28.7 Å². The van der Waals surface area contributed by atoms with Gasteiger partial charge in [-0.2, -0.15) is 0 Å². The molecule has 106 valence electrons. The van der Waals surface area contributed by atoms with Crippen molar-refractivity contribution in [2.75, 3.05) is 18.9 Å². The molecule has 0 atom stereocenters. The largest absolute Gasteiger partial charge is 0.398 e. The summed E-state index contributed by atoms with van der Waals surface area (Å²) in [4.78, 5) is -0.484. The molecule has 4 N–H and O–H groups in total. The van der Waals surface area contributed by atoms with Gasteiger partial charge in [0.1, 0.15) is 10.7 Å². The van der Waals surface area contributed by atoms with E-state index in [1.807, 2.05) is 0 Å². The van der Waals surface area contributed by atoms with Crippen LogP contribution in [0.25, 0.3) is 0 Å². The van der Waals surface area contributed by atoms with E-state index in [0.717, 1.165) is 25.0 Å². The van der Waals surface area contributed by atoms with E-state index in [1.54, 1.807) is 0 Å². The Labute approximate surface area is 119 Å². The Morgan fingerprint density at radius 1 is 1.47 bits per heavy atom. The number of benzene rings is 1. The molecule has 1 aliphatic carbocycles. The highest BCUT2D eigenvalue weighted by Gasteiger charge is 2.42. The average molecular weight is 353 g/mol. The highest BCUT2D eigenvalue weighted by molar-refractivity contribution is 9.10. The summed E-state index contributed by atoms with van der Waals surface area (Å²) in [6, 6.07) is 2.09. The number of hydrogen-bond acceptors (Lipinski definition) is 4. The fourth-order valence-corrected chi connectivity index (χ4v) is 3.21. The van der Waals surface area contributed by atoms with E-state index in [1.165, 1.54) is 0 Å². The molecule has 1 saturated carbocycles. The van der Waals surface area contributed by atoms with E-state index in [-0.39, 0.29) is 24.3 Å². The molecule has 0 saturated heterocycles. The van der Waals surface area contributed by atoms with Crippen LogP contribution < -0.4 is 10.5 Å². The molecular formula is C11H14BrFN2O3S. The Morgan fingerprint density at radius 2 is 2.11 bits per heavy atom. The van der Waals surface area contributed by atoms with Gasteiger partial charge in [0.25, 0.3) is 0 Å². The number of nitrogen functional groups attached to an aromatic ring is 1. The van der Waals surface area contributed by atoms with E-state index in [9.17, 15) is 12.8 Å². The number of hydrogen-bond donors (Lipinski definition) is 3. The lowest BCUT2D eigenvalue weighted by Gasteiger charge is -2.14. The zero-order valence-electron chi connectivity index (χ0n) is 9.99. The van der Waals surface area contributed by atoms with E-state index in [0.29, 0.717) is 4.47 Å². The van der Waals surface area contributed by atoms with Gasteiger partial charge in [0.15, 0.2) is 0 Å². The third kappa shape index (κ3) is 3.07. The molecule has 2 rings (SSSR count). The van der Waals surface area contributed by atoms with Crippen molar-refractivity contribution in [1.82, 2.24) is 4.72 Å². The van der Waals surface area contributed by atoms with E-state index in [4.69, 9.17) is 10.8 Å². The predicted octanol–water partition coefficient (Wildman–Crippen LogP) is 1.22. The average Bonchev–Trinajstić information content (AvgIpc) is 3.12.